The van der Waals surface area contributed by atoms with Gasteiger partial charge in [-0.15, -0.1) is 12.4 Å². The SMILES string of the molecule is COC(=O)[C@H](Cc1ccccc1)NC(Cl)Cl.Cl. The van der Waals surface area contributed by atoms with E-state index >= 15 is 0 Å². The minimum atomic E-state index is -0.798. The third-order valence-corrected chi connectivity index (χ3v) is 2.35. The van der Waals surface area contributed by atoms with Crippen molar-refractivity contribution in [3.05, 3.63) is 35.9 Å². The van der Waals surface area contributed by atoms with Crippen LogP contribution in [0.25, 0.3) is 0 Å². The number of hydrogen-bond donors (Lipinski definition) is 1. The van der Waals surface area contributed by atoms with Crippen LogP contribution < -0.4 is 5.32 Å². The van der Waals surface area contributed by atoms with Crippen molar-refractivity contribution >= 4 is 41.6 Å². The van der Waals surface area contributed by atoms with Crippen molar-refractivity contribution in [3.63, 3.8) is 0 Å². The van der Waals surface area contributed by atoms with Crippen LogP contribution >= 0.6 is 35.6 Å². The summed E-state index contributed by atoms with van der Waals surface area (Å²) < 4.78 is 4.67. The van der Waals surface area contributed by atoms with Gasteiger partial charge in [0, 0.05) is 0 Å². The third-order valence-electron chi connectivity index (χ3n) is 2.10. The number of ether oxygens (including phenoxy) is 1. The van der Waals surface area contributed by atoms with Crippen LogP contribution in [0.3, 0.4) is 0 Å². The van der Waals surface area contributed by atoms with Crippen molar-refractivity contribution in [3.8, 4) is 0 Å². The lowest BCUT2D eigenvalue weighted by Gasteiger charge is -2.16. The Kier molecular flexibility index (Phi) is 8.35. The first-order chi connectivity index (χ1) is 7.63. The summed E-state index contributed by atoms with van der Waals surface area (Å²) in [4.78, 5) is 10.7. The van der Waals surface area contributed by atoms with Gasteiger partial charge in [-0.25, -0.2) is 0 Å². The van der Waals surface area contributed by atoms with Crippen LogP contribution in [0.5, 0.6) is 0 Å². The van der Waals surface area contributed by atoms with Crippen LogP contribution in [0.15, 0.2) is 30.3 Å². The van der Waals surface area contributed by atoms with Gasteiger partial charge in [0.05, 0.1) is 7.11 Å². The number of carbonyl (C=O) groups is 1. The van der Waals surface area contributed by atoms with Crippen molar-refractivity contribution < 1.29 is 9.53 Å². The molecule has 96 valence electrons. The second-order valence-electron chi connectivity index (χ2n) is 3.23. The summed E-state index contributed by atoms with van der Waals surface area (Å²) >= 11 is 11.2. The fourth-order valence-electron chi connectivity index (χ4n) is 1.35. The number of nitrogens with one attached hydrogen (secondary N) is 1. The molecule has 0 aromatic heterocycles. The van der Waals surface area contributed by atoms with Gasteiger partial charge in [-0.05, 0) is 12.0 Å². The molecule has 0 fully saturated rings. The highest BCUT2D eigenvalue weighted by molar-refractivity contribution is 6.44. The highest BCUT2D eigenvalue weighted by Crippen LogP contribution is 2.07. The topological polar surface area (TPSA) is 38.3 Å². The van der Waals surface area contributed by atoms with E-state index in [9.17, 15) is 4.79 Å². The lowest BCUT2D eigenvalue weighted by molar-refractivity contribution is -0.143. The van der Waals surface area contributed by atoms with Gasteiger partial charge in [0.25, 0.3) is 0 Å². The van der Waals surface area contributed by atoms with E-state index < -0.39 is 11.0 Å². The van der Waals surface area contributed by atoms with Gasteiger partial charge in [-0.3, -0.25) is 10.1 Å². The molecule has 1 rings (SSSR count). The Balaban J connectivity index is 0.00000256. The lowest BCUT2D eigenvalue weighted by Crippen LogP contribution is -2.41. The number of esters is 1. The molecule has 1 N–H and O–H groups in total. The molecule has 0 radical (unpaired) electrons. The molecule has 1 aromatic carbocycles. The summed E-state index contributed by atoms with van der Waals surface area (Å²) in [6.45, 7) is 0. The molecule has 1 atom stereocenters. The second-order valence-corrected chi connectivity index (χ2v) is 4.33. The number of benzene rings is 1. The maximum atomic E-state index is 11.4. The van der Waals surface area contributed by atoms with Gasteiger partial charge >= 0.3 is 5.97 Å². The van der Waals surface area contributed by atoms with Gasteiger partial charge in [0.2, 0.25) is 0 Å². The molecule has 0 saturated heterocycles. The number of rotatable bonds is 5. The minimum Gasteiger partial charge on any atom is -0.468 e. The normalized spacial score (nSPS) is 11.8. The molecule has 1 aromatic rings. The number of hydrogen-bond acceptors (Lipinski definition) is 3. The molecular formula is C11H14Cl3NO2. The van der Waals surface area contributed by atoms with Crippen LogP contribution in [0.4, 0.5) is 0 Å². The maximum Gasteiger partial charge on any atom is 0.323 e. The van der Waals surface area contributed by atoms with E-state index in [4.69, 9.17) is 23.2 Å². The van der Waals surface area contributed by atoms with Gasteiger partial charge in [0.15, 0.2) is 4.96 Å². The predicted octanol–water partition coefficient (Wildman–Crippen LogP) is 2.54. The summed E-state index contributed by atoms with van der Waals surface area (Å²) in [7, 11) is 1.33. The first kappa shape index (κ1) is 16.5. The standard InChI is InChI=1S/C11H13Cl2NO2.ClH/c1-16-10(15)9(14-11(12)13)7-8-5-3-2-4-6-8;/h2-6,9,11,14H,7H2,1H3;1H/t9-;/m0./s1. The fourth-order valence-corrected chi connectivity index (χ4v) is 1.66. The van der Waals surface area contributed by atoms with Gasteiger partial charge in [0.1, 0.15) is 6.04 Å². The van der Waals surface area contributed by atoms with E-state index in [2.05, 4.69) is 10.1 Å². The Bertz CT molecular complexity index is 333. The van der Waals surface area contributed by atoms with Crippen molar-refractivity contribution in [2.45, 2.75) is 17.4 Å². The van der Waals surface area contributed by atoms with Crippen LogP contribution in [0.2, 0.25) is 0 Å². The van der Waals surface area contributed by atoms with E-state index in [0.717, 1.165) is 5.56 Å². The average molecular weight is 299 g/mol. The third kappa shape index (κ3) is 6.13. The quantitative estimate of drug-likeness (QED) is 0.516. The van der Waals surface area contributed by atoms with E-state index in [0.29, 0.717) is 6.42 Å². The van der Waals surface area contributed by atoms with Crippen LogP contribution in [-0.2, 0) is 16.0 Å². The molecule has 0 aliphatic carbocycles. The van der Waals surface area contributed by atoms with Crippen molar-refractivity contribution in [1.82, 2.24) is 5.32 Å². The summed E-state index contributed by atoms with van der Waals surface area (Å²) in [6, 6.07) is 9.04. The molecule has 0 unspecified atom stereocenters. The fraction of sp³-hybridized carbons (Fsp3) is 0.364. The maximum absolute atomic E-state index is 11.4. The smallest absolute Gasteiger partial charge is 0.323 e. The molecule has 0 saturated carbocycles. The lowest BCUT2D eigenvalue weighted by atomic mass is 10.1. The summed E-state index contributed by atoms with van der Waals surface area (Å²) in [6.07, 6.45) is 0.490. The van der Waals surface area contributed by atoms with E-state index in [-0.39, 0.29) is 18.4 Å². The molecule has 17 heavy (non-hydrogen) atoms. The summed E-state index contributed by atoms with van der Waals surface area (Å²) in [5, 5.41) is 2.74. The molecule has 0 bridgehead atoms. The highest BCUT2D eigenvalue weighted by Gasteiger charge is 2.21. The molecule has 0 heterocycles. The second kappa shape index (κ2) is 8.59. The molecule has 3 nitrogen and oxygen atoms in total. The number of halogens is 3. The Hall–Kier alpha value is -0.480. The molecule has 0 amide bonds. The largest absolute Gasteiger partial charge is 0.468 e. The summed E-state index contributed by atoms with van der Waals surface area (Å²) in [5.41, 5.74) is 1.01. The molecule has 0 spiro atoms. The van der Waals surface area contributed by atoms with Gasteiger partial charge in [-0.1, -0.05) is 53.5 Å². The van der Waals surface area contributed by atoms with Crippen LogP contribution in [0.1, 0.15) is 5.56 Å². The van der Waals surface area contributed by atoms with E-state index in [1.165, 1.54) is 7.11 Å². The zero-order valence-corrected chi connectivity index (χ0v) is 11.6. The van der Waals surface area contributed by atoms with E-state index in [1.54, 1.807) is 0 Å². The zero-order valence-electron chi connectivity index (χ0n) is 9.23. The summed E-state index contributed by atoms with van der Waals surface area (Å²) in [5.74, 6) is -0.379. The Morgan fingerprint density at radius 2 is 1.94 bits per heavy atom. The van der Waals surface area contributed by atoms with Gasteiger partial charge in [-0.2, -0.15) is 0 Å². The Morgan fingerprint density at radius 1 is 1.35 bits per heavy atom. The van der Waals surface area contributed by atoms with Crippen LogP contribution in [-0.4, -0.2) is 24.1 Å². The van der Waals surface area contributed by atoms with E-state index in [1.807, 2.05) is 30.3 Å². The number of alkyl halides is 2. The predicted molar refractivity (Wildman–Crippen MR) is 71.8 cm³/mol. The number of carbonyl (C=O) groups excluding carboxylic acids is 1. The first-order valence-electron chi connectivity index (χ1n) is 4.79. The molecule has 6 heteroatoms. The van der Waals surface area contributed by atoms with Crippen molar-refractivity contribution in [1.29, 1.82) is 0 Å². The van der Waals surface area contributed by atoms with Crippen LogP contribution in [0, 0.1) is 0 Å². The molecule has 0 aliphatic rings. The van der Waals surface area contributed by atoms with Crippen molar-refractivity contribution in [2.24, 2.45) is 0 Å². The number of methoxy groups -OCH3 is 1. The molecule has 0 aliphatic heterocycles. The molecular weight excluding hydrogens is 284 g/mol. The van der Waals surface area contributed by atoms with Gasteiger partial charge < -0.3 is 4.74 Å². The first-order valence-corrected chi connectivity index (χ1v) is 5.66. The highest BCUT2D eigenvalue weighted by atomic mass is 35.5. The average Bonchev–Trinajstić information content (AvgIpc) is 2.28. The minimum absolute atomic E-state index is 0. The monoisotopic (exact) mass is 297 g/mol. The van der Waals surface area contributed by atoms with Crippen molar-refractivity contribution in [2.75, 3.05) is 7.11 Å². The zero-order chi connectivity index (χ0) is 12.0. The Morgan fingerprint density at radius 3 is 2.41 bits per heavy atom. The Labute approximate surface area is 117 Å².